The van der Waals surface area contributed by atoms with Gasteiger partial charge in [0.2, 0.25) is 0 Å². The number of hydrogen-bond acceptors (Lipinski definition) is 4. The zero-order chi connectivity index (χ0) is 13.8. The Bertz CT molecular complexity index is 552. The Morgan fingerprint density at radius 1 is 1.47 bits per heavy atom. The number of nitrogens with two attached hydrogens (primary N) is 1. The van der Waals surface area contributed by atoms with E-state index < -0.39 is 0 Å². The minimum absolute atomic E-state index is 0.243. The van der Waals surface area contributed by atoms with Crippen molar-refractivity contribution in [3.05, 3.63) is 47.0 Å². The number of hydrazine groups is 1. The van der Waals surface area contributed by atoms with Crippen molar-refractivity contribution in [2.24, 2.45) is 5.84 Å². The lowest BCUT2D eigenvalue weighted by Crippen LogP contribution is -2.30. The molecule has 0 amide bonds. The first-order valence-electron chi connectivity index (χ1n) is 6.28. The molecule has 0 saturated heterocycles. The third kappa shape index (κ3) is 2.80. The summed E-state index contributed by atoms with van der Waals surface area (Å²) in [5.41, 5.74) is 4.89. The molecule has 1 aromatic carbocycles. The van der Waals surface area contributed by atoms with Gasteiger partial charge in [-0.2, -0.15) is 0 Å². The van der Waals surface area contributed by atoms with E-state index in [2.05, 4.69) is 22.7 Å². The highest BCUT2D eigenvalue weighted by molar-refractivity contribution is 5.30. The predicted octanol–water partition coefficient (Wildman–Crippen LogP) is 1.69. The average molecular weight is 263 g/mol. The van der Waals surface area contributed by atoms with Crippen LogP contribution in [0.25, 0.3) is 0 Å². The quantitative estimate of drug-likeness (QED) is 0.636. The Hall–Kier alpha value is -1.79. The molecule has 6 heteroatoms. The molecule has 3 N–H and O–H groups in total. The summed E-state index contributed by atoms with van der Waals surface area (Å²) in [6.45, 7) is 4.54. The topological polar surface area (TPSA) is 68.8 Å². The van der Waals surface area contributed by atoms with E-state index in [-0.39, 0.29) is 11.9 Å². The van der Waals surface area contributed by atoms with E-state index in [1.165, 1.54) is 6.07 Å². The molecule has 0 aliphatic carbocycles. The monoisotopic (exact) mass is 263 g/mol. The summed E-state index contributed by atoms with van der Waals surface area (Å²) in [5.74, 6) is 5.36. The first kappa shape index (κ1) is 13.6. The molecular weight excluding hydrogens is 245 g/mol. The summed E-state index contributed by atoms with van der Waals surface area (Å²) in [6, 6.07) is 4.76. The van der Waals surface area contributed by atoms with Gasteiger partial charge in [-0.3, -0.25) is 5.84 Å². The van der Waals surface area contributed by atoms with Crippen LogP contribution in [0.3, 0.4) is 0 Å². The van der Waals surface area contributed by atoms with Crippen LogP contribution in [0.5, 0.6) is 0 Å². The Balaban J connectivity index is 2.38. The molecule has 0 radical (unpaired) electrons. The lowest BCUT2D eigenvalue weighted by Gasteiger charge is -2.17. The van der Waals surface area contributed by atoms with Crippen LogP contribution in [-0.2, 0) is 6.54 Å². The molecule has 1 heterocycles. The van der Waals surface area contributed by atoms with Gasteiger partial charge in [-0.1, -0.05) is 24.3 Å². The Morgan fingerprint density at radius 2 is 2.26 bits per heavy atom. The maximum atomic E-state index is 13.7. The molecule has 0 aliphatic rings. The minimum Gasteiger partial charge on any atom is -0.271 e. The molecule has 2 aromatic rings. The summed E-state index contributed by atoms with van der Waals surface area (Å²) in [4.78, 5) is 0. The smallest absolute Gasteiger partial charge is 0.126 e. The van der Waals surface area contributed by atoms with Gasteiger partial charge in [-0.15, -0.1) is 5.10 Å². The summed E-state index contributed by atoms with van der Waals surface area (Å²) in [7, 11) is 0. The maximum Gasteiger partial charge on any atom is 0.126 e. The lowest BCUT2D eigenvalue weighted by atomic mass is 10.0. The van der Waals surface area contributed by atoms with Crippen molar-refractivity contribution in [1.82, 2.24) is 20.4 Å². The number of nitrogens with one attached hydrogen (secondary N) is 1. The molecule has 1 atom stereocenters. The molecule has 0 spiro atoms. The third-order valence-electron chi connectivity index (χ3n) is 3.07. The standard InChI is InChI=1S/C13H18FN5/c1-3-6-19-12(8-16-18-19)13(17-15)10-5-4-9(2)11(14)7-10/h4-5,7-8,13,17H,3,6,15H2,1-2H3. The molecule has 0 bridgehead atoms. The van der Waals surface area contributed by atoms with Crippen LogP contribution in [-0.4, -0.2) is 15.0 Å². The maximum absolute atomic E-state index is 13.7. The Morgan fingerprint density at radius 3 is 2.89 bits per heavy atom. The van der Waals surface area contributed by atoms with Crippen LogP contribution in [0.2, 0.25) is 0 Å². The molecule has 1 aromatic heterocycles. The highest BCUT2D eigenvalue weighted by Gasteiger charge is 2.18. The van der Waals surface area contributed by atoms with Gasteiger partial charge in [0.1, 0.15) is 5.82 Å². The van der Waals surface area contributed by atoms with Crippen molar-refractivity contribution >= 4 is 0 Å². The Kier molecular flexibility index (Phi) is 4.24. The van der Waals surface area contributed by atoms with Gasteiger partial charge < -0.3 is 0 Å². The zero-order valence-electron chi connectivity index (χ0n) is 11.1. The van der Waals surface area contributed by atoms with E-state index in [0.717, 1.165) is 24.2 Å². The first-order chi connectivity index (χ1) is 9.17. The fourth-order valence-corrected chi connectivity index (χ4v) is 2.02. The highest BCUT2D eigenvalue weighted by atomic mass is 19.1. The summed E-state index contributed by atoms with van der Waals surface area (Å²) >= 11 is 0. The fourth-order valence-electron chi connectivity index (χ4n) is 2.02. The molecule has 0 fully saturated rings. The second kappa shape index (κ2) is 5.90. The van der Waals surface area contributed by atoms with Crippen molar-refractivity contribution in [2.75, 3.05) is 0 Å². The molecule has 102 valence electrons. The SMILES string of the molecule is CCCn1nncc1C(NN)c1ccc(C)c(F)c1. The van der Waals surface area contributed by atoms with Gasteiger partial charge in [-0.05, 0) is 30.5 Å². The number of hydrogen-bond donors (Lipinski definition) is 2. The Labute approximate surface area is 111 Å². The molecule has 2 rings (SSSR count). The normalized spacial score (nSPS) is 12.6. The van der Waals surface area contributed by atoms with Gasteiger partial charge in [0.15, 0.2) is 0 Å². The van der Waals surface area contributed by atoms with Gasteiger partial charge in [-0.25, -0.2) is 14.5 Å². The van der Waals surface area contributed by atoms with E-state index >= 15 is 0 Å². The lowest BCUT2D eigenvalue weighted by molar-refractivity contribution is 0.510. The molecule has 1 unspecified atom stereocenters. The van der Waals surface area contributed by atoms with Crippen molar-refractivity contribution in [2.45, 2.75) is 32.9 Å². The molecule has 0 saturated carbocycles. The minimum atomic E-state index is -0.323. The van der Waals surface area contributed by atoms with Gasteiger partial charge in [0.05, 0.1) is 17.9 Å². The van der Waals surface area contributed by atoms with E-state index in [0.29, 0.717) is 5.56 Å². The van der Waals surface area contributed by atoms with Crippen LogP contribution in [0.15, 0.2) is 24.4 Å². The molecular formula is C13H18FN5. The fraction of sp³-hybridized carbons (Fsp3) is 0.385. The van der Waals surface area contributed by atoms with Crippen molar-refractivity contribution in [1.29, 1.82) is 0 Å². The zero-order valence-corrected chi connectivity index (χ0v) is 11.1. The number of aryl methyl sites for hydroxylation is 2. The number of benzene rings is 1. The number of nitrogens with zero attached hydrogens (tertiary/aromatic N) is 3. The van der Waals surface area contributed by atoms with Gasteiger partial charge >= 0.3 is 0 Å². The summed E-state index contributed by atoms with van der Waals surface area (Å²) in [5, 5.41) is 7.92. The van der Waals surface area contributed by atoms with Crippen molar-refractivity contribution in [3.8, 4) is 0 Å². The van der Waals surface area contributed by atoms with E-state index in [1.54, 1.807) is 23.9 Å². The second-order valence-electron chi connectivity index (χ2n) is 4.49. The van der Waals surface area contributed by atoms with Gasteiger partial charge in [0, 0.05) is 6.54 Å². The highest BCUT2D eigenvalue weighted by Crippen LogP contribution is 2.22. The van der Waals surface area contributed by atoms with E-state index in [9.17, 15) is 4.39 Å². The van der Waals surface area contributed by atoms with Crippen molar-refractivity contribution in [3.63, 3.8) is 0 Å². The molecule has 0 aliphatic heterocycles. The summed E-state index contributed by atoms with van der Waals surface area (Å²) < 4.78 is 15.4. The van der Waals surface area contributed by atoms with Crippen LogP contribution in [0, 0.1) is 12.7 Å². The number of rotatable bonds is 5. The average Bonchev–Trinajstić information content (AvgIpc) is 2.83. The second-order valence-corrected chi connectivity index (χ2v) is 4.49. The number of halogens is 1. The molecule has 19 heavy (non-hydrogen) atoms. The van der Waals surface area contributed by atoms with E-state index in [4.69, 9.17) is 5.84 Å². The van der Waals surface area contributed by atoms with Gasteiger partial charge in [0.25, 0.3) is 0 Å². The molecule has 5 nitrogen and oxygen atoms in total. The summed E-state index contributed by atoms with van der Waals surface area (Å²) in [6.07, 6.45) is 2.59. The predicted molar refractivity (Wildman–Crippen MR) is 70.6 cm³/mol. The van der Waals surface area contributed by atoms with Crippen LogP contribution >= 0.6 is 0 Å². The largest absolute Gasteiger partial charge is 0.271 e. The van der Waals surface area contributed by atoms with Crippen molar-refractivity contribution < 1.29 is 4.39 Å². The van der Waals surface area contributed by atoms with Crippen LogP contribution < -0.4 is 11.3 Å². The first-order valence-corrected chi connectivity index (χ1v) is 6.28. The third-order valence-corrected chi connectivity index (χ3v) is 3.07. The van der Waals surface area contributed by atoms with Crippen LogP contribution in [0.4, 0.5) is 4.39 Å². The van der Waals surface area contributed by atoms with E-state index in [1.807, 2.05) is 6.07 Å². The number of aromatic nitrogens is 3. The van der Waals surface area contributed by atoms with Crippen LogP contribution in [0.1, 0.15) is 36.2 Å².